The Morgan fingerprint density at radius 3 is 2.91 bits per heavy atom. The number of anilines is 1. The van der Waals surface area contributed by atoms with E-state index in [2.05, 4.69) is 15.0 Å². The molecule has 9 heteroatoms. The molecule has 1 saturated heterocycles. The van der Waals surface area contributed by atoms with Gasteiger partial charge < -0.3 is 24.2 Å². The number of nitrogens with zero attached hydrogens (tertiary/aromatic N) is 6. The lowest BCUT2D eigenvalue weighted by atomic mass is 10.4. The van der Waals surface area contributed by atoms with Crippen molar-refractivity contribution in [1.82, 2.24) is 24.4 Å². The summed E-state index contributed by atoms with van der Waals surface area (Å²) in [4.78, 5) is 28.1. The third-order valence-corrected chi connectivity index (χ3v) is 3.53. The van der Waals surface area contributed by atoms with Crippen LogP contribution >= 0.6 is 0 Å². The van der Waals surface area contributed by atoms with E-state index in [1.54, 1.807) is 18.3 Å². The largest absolute Gasteiger partial charge is 0.394 e. The molecule has 1 amide bonds. The minimum Gasteiger partial charge on any atom is -0.394 e. The number of hydrogen-bond acceptors (Lipinski definition) is 7. The number of aliphatic hydroxyl groups excluding tert-OH is 1. The van der Waals surface area contributed by atoms with Crippen molar-refractivity contribution in [3.63, 3.8) is 0 Å². The van der Waals surface area contributed by atoms with E-state index in [1.807, 2.05) is 9.47 Å². The summed E-state index contributed by atoms with van der Waals surface area (Å²) in [7, 11) is 1.76. The summed E-state index contributed by atoms with van der Waals surface area (Å²) in [5.74, 6) is 0.723. The van der Waals surface area contributed by atoms with Crippen LogP contribution in [0.3, 0.4) is 0 Å². The van der Waals surface area contributed by atoms with Gasteiger partial charge in [0.2, 0.25) is 5.91 Å². The molecule has 3 heterocycles. The Bertz CT molecular complexity index is 673. The predicted molar refractivity (Wildman–Crippen MR) is 78.2 cm³/mol. The monoisotopic (exact) mass is 306 g/mol. The van der Waals surface area contributed by atoms with Crippen LogP contribution in [-0.4, -0.2) is 75.5 Å². The molecule has 0 aliphatic carbocycles. The molecule has 0 bridgehead atoms. The number of ether oxygens (including phenoxy) is 1. The summed E-state index contributed by atoms with van der Waals surface area (Å²) in [6.07, 6.45) is 3.17. The fourth-order valence-corrected chi connectivity index (χ4v) is 2.40. The fourth-order valence-electron chi connectivity index (χ4n) is 2.40. The maximum Gasteiger partial charge on any atom is 0.243 e. The van der Waals surface area contributed by atoms with E-state index in [9.17, 15) is 4.79 Å². The minimum atomic E-state index is 0.00744. The van der Waals surface area contributed by atoms with Gasteiger partial charge >= 0.3 is 0 Å². The van der Waals surface area contributed by atoms with Crippen LogP contribution in [0.15, 0.2) is 12.7 Å². The van der Waals surface area contributed by atoms with E-state index >= 15 is 0 Å². The molecule has 1 aliphatic rings. The number of carbonyl (C=O) groups is 1. The lowest BCUT2D eigenvalue weighted by Crippen LogP contribution is -2.23. The molecule has 0 atom stereocenters. The number of imidazole rings is 1. The molecule has 2 aromatic heterocycles. The van der Waals surface area contributed by atoms with Crippen LogP contribution in [0.25, 0.3) is 11.2 Å². The Balaban J connectivity index is 1.81. The third kappa shape index (κ3) is 2.72. The lowest BCUT2D eigenvalue weighted by Gasteiger charge is -2.15. The average molecular weight is 306 g/mol. The first kappa shape index (κ1) is 14.7. The number of fused-ring (bicyclic) bond motifs is 1. The van der Waals surface area contributed by atoms with Crippen LogP contribution < -0.4 is 4.90 Å². The van der Waals surface area contributed by atoms with Crippen molar-refractivity contribution in [3.8, 4) is 0 Å². The Hall–Kier alpha value is -2.26. The zero-order valence-electron chi connectivity index (χ0n) is 12.3. The minimum absolute atomic E-state index is 0.00744. The summed E-state index contributed by atoms with van der Waals surface area (Å²) < 4.78 is 7.13. The highest BCUT2D eigenvalue weighted by atomic mass is 16.5. The standard InChI is InChI=1S/C13H18N6O3/c1-17-9-19(6-10(17)21)13-11-12(14-7-15-13)18(8-16-11)2-4-22-5-3-20/h7-8,20H,2-6,9H2,1H3. The highest BCUT2D eigenvalue weighted by Crippen LogP contribution is 2.23. The molecule has 0 radical (unpaired) electrons. The number of amides is 1. The molecule has 1 aliphatic heterocycles. The first-order valence-corrected chi connectivity index (χ1v) is 7.04. The molecule has 1 N–H and O–H groups in total. The molecule has 2 aromatic rings. The highest BCUT2D eigenvalue weighted by Gasteiger charge is 2.27. The smallest absolute Gasteiger partial charge is 0.243 e. The Kier molecular flexibility index (Phi) is 4.16. The van der Waals surface area contributed by atoms with Gasteiger partial charge in [0.25, 0.3) is 0 Å². The van der Waals surface area contributed by atoms with Crippen molar-refractivity contribution >= 4 is 22.9 Å². The quantitative estimate of drug-likeness (QED) is 0.689. The SMILES string of the molecule is CN1CN(c2ncnc3c2ncn3CCOCCO)CC1=O. The van der Waals surface area contributed by atoms with Crippen molar-refractivity contribution in [2.24, 2.45) is 0 Å². The van der Waals surface area contributed by atoms with Gasteiger partial charge in [-0.15, -0.1) is 0 Å². The van der Waals surface area contributed by atoms with Gasteiger partial charge in [-0.25, -0.2) is 15.0 Å². The van der Waals surface area contributed by atoms with Gasteiger partial charge in [-0.3, -0.25) is 4.79 Å². The number of hydrogen-bond donors (Lipinski definition) is 1. The number of carbonyl (C=O) groups excluding carboxylic acids is 1. The molecule has 1 fully saturated rings. The van der Waals surface area contributed by atoms with Gasteiger partial charge in [-0.2, -0.15) is 0 Å². The van der Waals surface area contributed by atoms with E-state index in [1.165, 1.54) is 6.33 Å². The summed E-state index contributed by atoms with van der Waals surface area (Å²) >= 11 is 0. The van der Waals surface area contributed by atoms with Gasteiger partial charge in [0.05, 0.1) is 32.8 Å². The van der Waals surface area contributed by atoms with Crippen LogP contribution in [-0.2, 0) is 16.1 Å². The zero-order chi connectivity index (χ0) is 15.5. The van der Waals surface area contributed by atoms with Crippen LogP contribution in [0.4, 0.5) is 5.82 Å². The van der Waals surface area contributed by atoms with Crippen molar-refractivity contribution in [2.75, 3.05) is 45.0 Å². The van der Waals surface area contributed by atoms with E-state index in [4.69, 9.17) is 9.84 Å². The van der Waals surface area contributed by atoms with Gasteiger partial charge in [-0.1, -0.05) is 0 Å². The van der Waals surface area contributed by atoms with E-state index in [0.717, 1.165) is 0 Å². The second-order valence-corrected chi connectivity index (χ2v) is 5.07. The first-order valence-electron chi connectivity index (χ1n) is 7.04. The maximum absolute atomic E-state index is 11.7. The number of aromatic nitrogens is 4. The second-order valence-electron chi connectivity index (χ2n) is 5.07. The summed E-state index contributed by atoms with van der Waals surface area (Å²) in [6.45, 7) is 2.18. The molecular formula is C13H18N6O3. The Morgan fingerprint density at radius 1 is 1.32 bits per heavy atom. The van der Waals surface area contributed by atoms with E-state index in [-0.39, 0.29) is 12.5 Å². The van der Waals surface area contributed by atoms with Crippen LogP contribution in [0.2, 0.25) is 0 Å². The Labute approximate surface area is 127 Å². The fraction of sp³-hybridized carbons (Fsp3) is 0.538. The molecule has 3 rings (SSSR count). The maximum atomic E-state index is 11.7. The number of aliphatic hydroxyl groups is 1. The van der Waals surface area contributed by atoms with Crippen LogP contribution in [0.5, 0.6) is 0 Å². The Morgan fingerprint density at radius 2 is 2.18 bits per heavy atom. The first-order chi connectivity index (χ1) is 10.7. The van der Waals surface area contributed by atoms with Gasteiger partial charge in [0.15, 0.2) is 17.0 Å². The van der Waals surface area contributed by atoms with Crippen LogP contribution in [0, 0.1) is 0 Å². The summed E-state index contributed by atoms with van der Waals surface area (Å²) in [5, 5.41) is 8.69. The van der Waals surface area contributed by atoms with E-state index < -0.39 is 0 Å². The number of rotatable bonds is 6. The predicted octanol–water partition coefficient (Wildman–Crippen LogP) is -0.929. The van der Waals surface area contributed by atoms with Crippen molar-refractivity contribution in [2.45, 2.75) is 6.54 Å². The molecule has 0 spiro atoms. The highest BCUT2D eigenvalue weighted by molar-refractivity contribution is 5.89. The van der Waals surface area contributed by atoms with Gasteiger partial charge in [0, 0.05) is 13.6 Å². The summed E-state index contributed by atoms with van der Waals surface area (Å²) in [5.41, 5.74) is 1.38. The van der Waals surface area contributed by atoms with Crippen LogP contribution in [0.1, 0.15) is 0 Å². The molecule has 0 saturated carbocycles. The molecule has 0 aromatic carbocycles. The molecular weight excluding hydrogens is 288 g/mol. The molecule has 9 nitrogen and oxygen atoms in total. The van der Waals surface area contributed by atoms with Crippen molar-refractivity contribution in [1.29, 1.82) is 0 Å². The third-order valence-electron chi connectivity index (χ3n) is 3.53. The lowest BCUT2D eigenvalue weighted by molar-refractivity contribution is -0.125. The van der Waals surface area contributed by atoms with Crippen molar-refractivity contribution < 1.29 is 14.6 Å². The van der Waals surface area contributed by atoms with Gasteiger partial charge in [0.1, 0.15) is 12.9 Å². The number of likely N-dealkylation sites (N-methyl/N-ethyl adjacent to an activating group) is 1. The average Bonchev–Trinajstić information content (AvgIpc) is 3.08. The van der Waals surface area contributed by atoms with Crippen molar-refractivity contribution in [3.05, 3.63) is 12.7 Å². The normalized spacial score (nSPS) is 15.3. The molecule has 22 heavy (non-hydrogen) atoms. The van der Waals surface area contributed by atoms with Gasteiger partial charge in [-0.05, 0) is 0 Å². The van der Waals surface area contributed by atoms with E-state index in [0.29, 0.717) is 50.0 Å². The summed E-state index contributed by atoms with van der Waals surface area (Å²) in [6, 6.07) is 0. The molecule has 118 valence electrons. The zero-order valence-corrected chi connectivity index (χ0v) is 12.3. The second kappa shape index (κ2) is 6.24. The topological polar surface area (TPSA) is 96.6 Å². The molecule has 0 unspecified atom stereocenters.